The number of rotatable bonds is 6. The molecule has 3 aromatic rings. The summed E-state index contributed by atoms with van der Waals surface area (Å²) >= 11 is 12.7. The van der Waals surface area contributed by atoms with E-state index in [0.29, 0.717) is 64.8 Å². The number of hydrogen-bond acceptors (Lipinski definition) is 9. The number of amides is 1. The maximum Gasteiger partial charge on any atom is 0.265 e. The number of para-hydroxylation sites is 1. The quantitative estimate of drug-likeness (QED) is 0.412. The van der Waals surface area contributed by atoms with Crippen LogP contribution in [0.3, 0.4) is 0 Å². The number of ether oxygens (including phenoxy) is 1. The van der Waals surface area contributed by atoms with Gasteiger partial charge >= 0.3 is 0 Å². The van der Waals surface area contributed by atoms with Crippen LogP contribution in [0.15, 0.2) is 42.6 Å². The summed E-state index contributed by atoms with van der Waals surface area (Å²) in [6, 6.07) is 11.8. The van der Waals surface area contributed by atoms with Crippen LogP contribution in [0.1, 0.15) is 15.9 Å². The molecule has 204 valence electrons. The number of carbonyl (C=O) groups excluding carboxylic acids is 1. The van der Waals surface area contributed by atoms with Gasteiger partial charge in [0.2, 0.25) is 5.95 Å². The zero-order chi connectivity index (χ0) is 27.1. The lowest BCUT2D eigenvalue weighted by molar-refractivity contribution is 0.0375. The van der Waals surface area contributed by atoms with Gasteiger partial charge in [0, 0.05) is 56.4 Å². The lowest BCUT2D eigenvalue weighted by atomic mass is 10.0. The fraction of sp³-hybridized carbons (Fsp3) is 0.370. The minimum absolute atomic E-state index is 0.0483. The van der Waals surface area contributed by atoms with Crippen molar-refractivity contribution in [3.8, 4) is 0 Å². The van der Waals surface area contributed by atoms with Crippen molar-refractivity contribution in [2.24, 2.45) is 0 Å². The topological polar surface area (TPSA) is 106 Å². The first kappa shape index (κ1) is 26.1. The van der Waals surface area contributed by atoms with Crippen molar-refractivity contribution < 1.29 is 14.6 Å². The minimum atomic E-state index is -0.273. The summed E-state index contributed by atoms with van der Waals surface area (Å²) in [4.78, 5) is 28.2. The van der Waals surface area contributed by atoms with Crippen molar-refractivity contribution in [1.29, 1.82) is 0 Å². The predicted octanol–water partition coefficient (Wildman–Crippen LogP) is 3.29. The Morgan fingerprint density at radius 2 is 1.90 bits per heavy atom. The van der Waals surface area contributed by atoms with Crippen molar-refractivity contribution in [3.05, 3.63) is 63.8 Å². The molecule has 2 bridgehead atoms. The van der Waals surface area contributed by atoms with E-state index in [1.54, 1.807) is 18.2 Å². The number of aliphatic hydroxyl groups excluding tert-OH is 1. The average molecular weight is 570 g/mol. The number of aromatic nitrogens is 2. The van der Waals surface area contributed by atoms with Crippen molar-refractivity contribution in [2.45, 2.75) is 18.5 Å². The van der Waals surface area contributed by atoms with E-state index in [9.17, 15) is 9.90 Å². The molecule has 0 radical (unpaired) electrons. The summed E-state index contributed by atoms with van der Waals surface area (Å²) < 4.78 is 5.68. The predicted molar refractivity (Wildman–Crippen MR) is 153 cm³/mol. The van der Waals surface area contributed by atoms with Gasteiger partial charge in [-0.2, -0.15) is 4.98 Å². The number of nitrogens with zero attached hydrogens (tertiary/aromatic N) is 5. The second kappa shape index (κ2) is 10.8. The molecule has 3 aliphatic heterocycles. The fourth-order valence-electron chi connectivity index (χ4n) is 5.50. The number of nitrogens with one attached hydrogen (secondary N) is 2. The highest BCUT2D eigenvalue weighted by atomic mass is 35.5. The van der Waals surface area contributed by atoms with Gasteiger partial charge in [-0.3, -0.25) is 9.69 Å². The molecular weight excluding hydrogens is 541 g/mol. The molecule has 3 aliphatic rings. The van der Waals surface area contributed by atoms with Gasteiger partial charge in [-0.15, -0.1) is 0 Å². The maximum atomic E-state index is 13.4. The Kier molecular flexibility index (Phi) is 7.22. The number of morpholine rings is 1. The summed E-state index contributed by atoms with van der Waals surface area (Å²) in [6.45, 7) is 3.40. The molecule has 2 atom stereocenters. The van der Waals surface area contributed by atoms with Crippen molar-refractivity contribution in [2.75, 3.05) is 66.6 Å². The minimum Gasteiger partial charge on any atom is -0.396 e. The second-order valence-corrected chi connectivity index (χ2v) is 10.8. The van der Waals surface area contributed by atoms with Gasteiger partial charge in [0.25, 0.3) is 5.91 Å². The molecule has 10 nitrogen and oxygen atoms in total. The molecule has 4 heterocycles. The average Bonchev–Trinajstić information content (AvgIpc) is 2.91. The third kappa shape index (κ3) is 5.10. The van der Waals surface area contributed by atoms with Gasteiger partial charge in [0.1, 0.15) is 11.4 Å². The molecule has 0 saturated carbocycles. The second-order valence-electron chi connectivity index (χ2n) is 10.0. The fourth-order valence-corrected chi connectivity index (χ4v) is 6.10. The Balaban J connectivity index is 1.24. The van der Waals surface area contributed by atoms with Gasteiger partial charge in [0.05, 0.1) is 35.6 Å². The molecule has 2 aromatic carbocycles. The molecule has 2 unspecified atom stereocenters. The number of aliphatic hydroxyl groups is 1. The maximum absolute atomic E-state index is 13.4. The first-order valence-electron chi connectivity index (χ1n) is 12.8. The zero-order valence-electron chi connectivity index (χ0n) is 21.4. The Bertz CT molecular complexity index is 1380. The summed E-state index contributed by atoms with van der Waals surface area (Å²) in [5.74, 6) is 0.610. The number of fused-ring (bicyclic) bond motifs is 3. The van der Waals surface area contributed by atoms with Crippen molar-refractivity contribution in [1.82, 2.24) is 15.3 Å². The summed E-state index contributed by atoms with van der Waals surface area (Å²) in [5, 5.41) is 17.4. The molecule has 2 saturated heterocycles. The van der Waals surface area contributed by atoms with Crippen LogP contribution in [0.2, 0.25) is 10.0 Å². The molecule has 1 aromatic heterocycles. The van der Waals surface area contributed by atoms with Crippen LogP contribution in [-0.4, -0.2) is 79.7 Å². The van der Waals surface area contributed by atoms with Gasteiger partial charge in [-0.05, 0) is 42.3 Å². The molecule has 0 spiro atoms. The normalized spacial score (nSPS) is 20.7. The highest BCUT2D eigenvalue weighted by Crippen LogP contribution is 2.37. The van der Waals surface area contributed by atoms with Crippen LogP contribution < -0.4 is 25.3 Å². The first-order valence-corrected chi connectivity index (χ1v) is 13.6. The van der Waals surface area contributed by atoms with Crippen LogP contribution in [0, 0.1) is 0 Å². The third-order valence-electron chi connectivity index (χ3n) is 7.22. The SMILES string of the molecule is CN1CN(c2c(Cl)cccc2Cl)C(=O)c2cnc(Nc3ccc(N4CC5COCC(C4)N5)c(CCO)c3)nc21. The number of hydrogen-bond donors (Lipinski definition) is 3. The highest BCUT2D eigenvalue weighted by Gasteiger charge is 2.33. The lowest BCUT2D eigenvalue weighted by Gasteiger charge is -2.43. The van der Waals surface area contributed by atoms with E-state index in [1.165, 1.54) is 11.1 Å². The number of halogens is 2. The number of piperazine rings is 1. The molecule has 2 fully saturated rings. The van der Waals surface area contributed by atoms with E-state index in [2.05, 4.69) is 31.6 Å². The number of carbonyl (C=O) groups is 1. The third-order valence-corrected chi connectivity index (χ3v) is 7.83. The molecule has 39 heavy (non-hydrogen) atoms. The smallest absolute Gasteiger partial charge is 0.265 e. The monoisotopic (exact) mass is 569 g/mol. The molecule has 0 aliphatic carbocycles. The summed E-state index contributed by atoms with van der Waals surface area (Å²) in [7, 11) is 1.85. The van der Waals surface area contributed by atoms with Gasteiger partial charge in [-0.25, -0.2) is 4.98 Å². The molecule has 3 N–H and O–H groups in total. The van der Waals surface area contributed by atoms with Gasteiger partial charge < -0.3 is 30.3 Å². The number of anilines is 5. The molecule has 6 rings (SSSR count). The van der Waals surface area contributed by atoms with Crippen LogP contribution >= 0.6 is 23.2 Å². The van der Waals surface area contributed by atoms with Crippen LogP contribution in [-0.2, 0) is 11.2 Å². The van der Waals surface area contributed by atoms with Crippen LogP contribution in [0.4, 0.5) is 28.8 Å². The van der Waals surface area contributed by atoms with Crippen LogP contribution in [0.25, 0.3) is 0 Å². The van der Waals surface area contributed by atoms with E-state index in [4.69, 9.17) is 27.9 Å². The van der Waals surface area contributed by atoms with Gasteiger partial charge in [-0.1, -0.05) is 29.3 Å². The lowest BCUT2D eigenvalue weighted by Crippen LogP contribution is -2.63. The van der Waals surface area contributed by atoms with E-state index in [1.807, 2.05) is 24.1 Å². The Labute approximate surface area is 236 Å². The van der Waals surface area contributed by atoms with E-state index in [-0.39, 0.29) is 19.2 Å². The largest absolute Gasteiger partial charge is 0.396 e. The van der Waals surface area contributed by atoms with Crippen molar-refractivity contribution in [3.63, 3.8) is 0 Å². The summed E-state index contributed by atoms with van der Waals surface area (Å²) in [6.07, 6.45) is 2.05. The van der Waals surface area contributed by atoms with Crippen molar-refractivity contribution >= 4 is 57.9 Å². The Morgan fingerprint density at radius 1 is 1.15 bits per heavy atom. The molecule has 12 heteroatoms. The van der Waals surface area contributed by atoms with E-state index in [0.717, 1.165) is 30.0 Å². The highest BCUT2D eigenvalue weighted by molar-refractivity contribution is 6.40. The molecule has 1 amide bonds. The number of benzene rings is 2. The van der Waals surface area contributed by atoms with Gasteiger partial charge in [0.15, 0.2) is 0 Å². The summed E-state index contributed by atoms with van der Waals surface area (Å²) in [5.41, 5.74) is 3.77. The standard InChI is InChI=1S/C27H29Cl2N7O3/c1-34-15-36(24-21(28)3-2-4-22(24)29)26(38)20-10-30-27(33-25(20)34)32-17-5-6-23(16(9-17)7-8-37)35-11-18-13-39-14-19(12-35)31-18/h2-6,9-10,18-19,31,37H,7-8,11-15H2,1H3,(H,30,32,33). The first-order chi connectivity index (χ1) is 18.9. The molecular formula is C27H29Cl2N7O3. The van der Waals surface area contributed by atoms with Crippen LogP contribution in [0.5, 0.6) is 0 Å². The van der Waals surface area contributed by atoms with E-state index >= 15 is 0 Å². The zero-order valence-corrected chi connectivity index (χ0v) is 22.9. The Morgan fingerprint density at radius 3 is 2.62 bits per heavy atom. The van der Waals surface area contributed by atoms with E-state index < -0.39 is 0 Å². The Hall–Kier alpha value is -3.15.